The Morgan fingerprint density at radius 2 is 2.00 bits per heavy atom. The van der Waals surface area contributed by atoms with Gasteiger partial charge in [0.2, 0.25) is 0 Å². The van der Waals surface area contributed by atoms with Crippen LogP contribution in [0.25, 0.3) is 22.4 Å². The van der Waals surface area contributed by atoms with Crippen LogP contribution >= 0.6 is 0 Å². The maximum atomic E-state index is 10.8. The minimum absolute atomic E-state index is 0.0365. The van der Waals surface area contributed by atoms with Gasteiger partial charge in [-0.2, -0.15) is 0 Å². The van der Waals surface area contributed by atoms with Crippen molar-refractivity contribution in [2.45, 2.75) is 20.0 Å². The lowest BCUT2D eigenvalue weighted by Gasteiger charge is -2.12. The third kappa shape index (κ3) is 2.63. The van der Waals surface area contributed by atoms with E-state index in [9.17, 15) is 10.1 Å². The Labute approximate surface area is 126 Å². The maximum absolute atomic E-state index is 10.8. The van der Waals surface area contributed by atoms with Crippen molar-refractivity contribution < 1.29 is 9.66 Å². The molecule has 1 N–H and O–H groups in total. The van der Waals surface area contributed by atoms with Crippen molar-refractivity contribution in [3.05, 3.63) is 52.6 Å². The summed E-state index contributed by atoms with van der Waals surface area (Å²) in [4.78, 5) is 18.0. The molecule has 0 spiro atoms. The van der Waals surface area contributed by atoms with Crippen LogP contribution in [0.5, 0.6) is 5.75 Å². The largest absolute Gasteiger partial charge is 0.490 e. The number of hydrogen-bond acceptors (Lipinski definition) is 4. The van der Waals surface area contributed by atoms with E-state index in [1.165, 1.54) is 12.1 Å². The van der Waals surface area contributed by atoms with Gasteiger partial charge in [0.25, 0.3) is 5.69 Å². The Morgan fingerprint density at radius 1 is 1.23 bits per heavy atom. The number of H-pyrrole nitrogens is 1. The molecule has 0 aliphatic heterocycles. The van der Waals surface area contributed by atoms with Crippen LogP contribution in [0.2, 0.25) is 0 Å². The first-order valence-corrected chi connectivity index (χ1v) is 6.95. The van der Waals surface area contributed by atoms with Gasteiger partial charge in [-0.3, -0.25) is 10.1 Å². The fraction of sp³-hybridized carbons (Fsp3) is 0.188. The summed E-state index contributed by atoms with van der Waals surface area (Å²) >= 11 is 0. The first-order chi connectivity index (χ1) is 10.5. The maximum Gasteiger partial charge on any atom is 0.271 e. The molecule has 0 aliphatic carbocycles. The number of aromatic amines is 1. The van der Waals surface area contributed by atoms with E-state index in [0.717, 1.165) is 11.3 Å². The van der Waals surface area contributed by atoms with Crippen molar-refractivity contribution in [1.29, 1.82) is 0 Å². The summed E-state index contributed by atoms with van der Waals surface area (Å²) in [6.45, 7) is 3.91. The Balaban J connectivity index is 2.09. The quantitative estimate of drug-likeness (QED) is 0.584. The fourth-order valence-electron chi connectivity index (χ4n) is 2.26. The van der Waals surface area contributed by atoms with Crippen LogP contribution in [0.4, 0.5) is 5.69 Å². The van der Waals surface area contributed by atoms with Gasteiger partial charge in [-0.25, -0.2) is 4.98 Å². The van der Waals surface area contributed by atoms with Gasteiger partial charge in [0.15, 0.2) is 0 Å². The monoisotopic (exact) mass is 297 g/mol. The number of nitrogens with one attached hydrogen (secondary N) is 1. The summed E-state index contributed by atoms with van der Waals surface area (Å²) in [5.74, 6) is 1.36. The van der Waals surface area contributed by atoms with E-state index in [2.05, 4.69) is 9.97 Å². The molecule has 0 saturated carbocycles. The van der Waals surface area contributed by atoms with Crippen LogP contribution in [-0.2, 0) is 0 Å². The molecule has 0 amide bonds. The molecule has 0 aliphatic rings. The highest BCUT2D eigenvalue weighted by Crippen LogP contribution is 2.30. The summed E-state index contributed by atoms with van der Waals surface area (Å²) in [6.07, 6.45) is 0.0478. The SMILES string of the molecule is CC(C)Oc1ccccc1-c1nc2ccc([N+](=O)[O-])cc2[nH]1. The van der Waals surface area contributed by atoms with E-state index in [0.29, 0.717) is 16.9 Å². The zero-order chi connectivity index (χ0) is 15.7. The molecule has 0 fully saturated rings. The molecule has 22 heavy (non-hydrogen) atoms. The molecule has 2 aromatic carbocycles. The van der Waals surface area contributed by atoms with Crippen molar-refractivity contribution in [2.24, 2.45) is 0 Å². The van der Waals surface area contributed by atoms with Gasteiger partial charge in [-0.05, 0) is 32.0 Å². The lowest BCUT2D eigenvalue weighted by Crippen LogP contribution is -2.06. The van der Waals surface area contributed by atoms with Crippen molar-refractivity contribution in [1.82, 2.24) is 9.97 Å². The molecule has 3 aromatic rings. The zero-order valence-corrected chi connectivity index (χ0v) is 12.2. The van der Waals surface area contributed by atoms with Gasteiger partial charge in [0.1, 0.15) is 11.6 Å². The summed E-state index contributed by atoms with van der Waals surface area (Å²) in [7, 11) is 0. The molecule has 6 heteroatoms. The minimum Gasteiger partial charge on any atom is -0.490 e. The van der Waals surface area contributed by atoms with E-state index < -0.39 is 4.92 Å². The number of nitro benzene ring substituents is 1. The molecule has 112 valence electrons. The number of benzene rings is 2. The number of rotatable bonds is 4. The third-order valence-corrected chi connectivity index (χ3v) is 3.18. The normalized spacial score (nSPS) is 11.0. The molecule has 0 atom stereocenters. The molecule has 0 saturated heterocycles. The summed E-state index contributed by atoms with van der Waals surface area (Å²) in [6, 6.07) is 12.2. The minimum atomic E-state index is -0.421. The van der Waals surface area contributed by atoms with E-state index in [1.807, 2.05) is 38.1 Å². The summed E-state index contributed by atoms with van der Waals surface area (Å²) in [5, 5.41) is 10.8. The van der Waals surface area contributed by atoms with Crippen LogP contribution in [0, 0.1) is 10.1 Å². The zero-order valence-electron chi connectivity index (χ0n) is 12.2. The molecule has 0 bridgehead atoms. The number of non-ortho nitro benzene ring substituents is 1. The molecule has 0 unspecified atom stereocenters. The van der Waals surface area contributed by atoms with Crippen molar-refractivity contribution in [2.75, 3.05) is 0 Å². The number of ether oxygens (including phenoxy) is 1. The summed E-state index contributed by atoms with van der Waals surface area (Å²) < 4.78 is 5.79. The second-order valence-corrected chi connectivity index (χ2v) is 5.21. The Hall–Kier alpha value is -2.89. The fourth-order valence-corrected chi connectivity index (χ4v) is 2.26. The second-order valence-electron chi connectivity index (χ2n) is 5.21. The molecular weight excluding hydrogens is 282 g/mol. The number of para-hydroxylation sites is 1. The van der Waals surface area contributed by atoms with Crippen LogP contribution in [0.1, 0.15) is 13.8 Å². The van der Waals surface area contributed by atoms with Gasteiger partial charge in [-0.15, -0.1) is 0 Å². The first kappa shape index (κ1) is 14.1. The topological polar surface area (TPSA) is 81.1 Å². The van der Waals surface area contributed by atoms with Gasteiger partial charge >= 0.3 is 0 Å². The van der Waals surface area contributed by atoms with Crippen molar-refractivity contribution in [3.8, 4) is 17.1 Å². The predicted molar refractivity (Wildman–Crippen MR) is 83.9 cm³/mol. The van der Waals surface area contributed by atoms with E-state index >= 15 is 0 Å². The smallest absolute Gasteiger partial charge is 0.271 e. The average Bonchev–Trinajstić information content (AvgIpc) is 2.89. The third-order valence-electron chi connectivity index (χ3n) is 3.18. The molecular formula is C16H15N3O3. The number of hydrogen-bond donors (Lipinski definition) is 1. The van der Waals surface area contributed by atoms with Gasteiger partial charge in [0, 0.05) is 12.1 Å². The molecule has 1 heterocycles. The lowest BCUT2D eigenvalue weighted by molar-refractivity contribution is -0.384. The lowest BCUT2D eigenvalue weighted by atomic mass is 10.2. The van der Waals surface area contributed by atoms with Crippen LogP contribution in [0.15, 0.2) is 42.5 Å². The summed E-state index contributed by atoms with van der Waals surface area (Å²) in [5.41, 5.74) is 2.17. The Bertz CT molecular complexity index is 840. The Kier molecular flexibility index (Phi) is 3.50. The number of fused-ring (bicyclic) bond motifs is 1. The van der Waals surface area contributed by atoms with Gasteiger partial charge in [-0.1, -0.05) is 12.1 Å². The van der Waals surface area contributed by atoms with Crippen LogP contribution in [-0.4, -0.2) is 21.0 Å². The molecule has 3 rings (SSSR count). The standard InChI is InChI=1S/C16H15N3O3/c1-10(2)22-15-6-4-3-5-12(15)16-17-13-8-7-11(19(20)21)9-14(13)18-16/h3-10H,1-2H3,(H,17,18). The molecule has 6 nitrogen and oxygen atoms in total. The molecule has 1 aromatic heterocycles. The van der Waals surface area contributed by atoms with Crippen molar-refractivity contribution >= 4 is 16.7 Å². The average molecular weight is 297 g/mol. The number of nitrogens with zero attached hydrogens (tertiary/aromatic N) is 2. The van der Waals surface area contributed by atoms with E-state index in [1.54, 1.807) is 6.07 Å². The van der Waals surface area contributed by atoms with Crippen LogP contribution in [0.3, 0.4) is 0 Å². The Morgan fingerprint density at radius 3 is 2.73 bits per heavy atom. The number of nitro groups is 1. The van der Waals surface area contributed by atoms with Crippen molar-refractivity contribution in [3.63, 3.8) is 0 Å². The van der Waals surface area contributed by atoms with Gasteiger partial charge < -0.3 is 9.72 Å². The number of imidazole rings is 1. The van der Waals surface area contributed by atoms with E-state index in [4.69, 9.17) is 4.74 Å². The molecule has 0 radical (unpaired) electrons. The second kappa shape index (κ2) is 5.48. The first-order valence-electron chi connectivity index (χ1n) is 6.95. The van der Waals surface area contributed by atoms with Crippen LogP contribution < -0.4 is 4.74 Å². The van der Waals surface area contributed by atoms with Gasteiger partial charge in [0.05, 0.1) is 27.6 Å². The number of aromatic nitrogens is 2. The van der Waals surface area contributed by atoms with E-state index in [-0.39, 0.29) is 11.8 Å². The highest BCUT2D eigenvalue weighted by molar-refractivity contribution is 5.82. The highest BCUT2D eigenvalue weighted by atomic mass is 16.6. The predicted octanol–water partition coefficient (Wildman–Crippen LogP) is 3.93. The highest BCUT2D eigenvalue weighted by Gasteiger charge is 2.13.